The maximum absolute atomic E-state index is 4.31. The molecule has 0 aliphatic rings. The molecule has 10 heavy (non-hydrogen) atoms. The van der Waals surface area contributed by atoms with Gasteiger partial charge >= 0.3 is 89.6 Å². The summed E-state index contributed by atoms with van der Waals surface area (Å²) < 4.78 is 2.50. The van der Waals surface area contributed by atoms with Crippen molar-refractivity contribution in [1.82, 2.24) is 0 Å². The molecule has 0 radical (unpaired) electrons. The molecule has 0 amide bonds. The Morgan fingerprint density at radius 3 is 1.50 bits per heavy atom. The average molecular weight is 294 g/mol. The van der Waals surface area contributed by atoms with Crippen LogP contribution in [0, 0.1) is 0 Å². The summed E-state index contributed by atoms with van der Waals surface area (Å²) in [5.41, 5.74) is 0. The van der Waals surface area contributed by atoms with Gasteiger partial charge in [0, 0.05) is 0 Å². The molecule has 4 heteroatoms. The van der Waals surface area contributed by atoms with Gasteiger partial charge in [-0.1, -0.05) is 0 Å². The second-order valence-corrected chi connectivity index (χ2v) is 5.54. The average Bonchev–Trinajstić information content (AvgIpc) is 1.84. The summed E-state index contributed by atoms with van der Waals surface area (Å²) in [5, 5.41) is 0. The molecule has 1 rings (SSSR count). The Morgan fingerprint density at radius 2 is 1.20 bits per heavy atom. The predicted molar refractivity (Wildman–Crippen MR) is 57.3 cm³/mol. The minimum absolute atomic E-state index is 1.08. The second-order valence-electron chi connectivity index (χ2n) is 1.97. The van der Waals surface area contributed by atoms with Crippen LogP contribution in [-0.2, 0) is 0 Å². The van der Waals surface area contributed by atoms with Gasteiger partial charge in [-0.25, -0.2) is 0 Å². The van der Waals surface area contributed by atoms with Crippen LogP contribution in [0.15, 0.2) is 21.9 Å². The maximum atomic E-state index is 4.31. The molecule has 0 spiro atoms. The molecule has 2 unspecified atom stereocenters. The number of rotatable bonds is 0. The van der Waals surface area contributed by atoms with Crippen molar-refractivity contribution >= 4 is 67.7 Å². The van der Waals surface area contributed by atoms with Crippen LogP contribution in [0.1, 0.15) is 0 Å². The molecule has 0 aromatic heterocycles. The summed E-state index contributed by atoms with van der Waals surface area (Å²) in [6.07, 6.45) is 0. The minimum atomic E-state index is 1.08. The second kappa shape index (κ2) is 3.63. The molecule has 0 N–H and O–H groups in total. The number of benzene rings is 1. The number of thiol groups is 2. The first-order valence-electron chi connectivity index (χ1n) is 2.68. The Kier molecular flexibility index (Phi) is 3.31. The van der Waals surface area contributed by atoms with E-state index in [2.05, 4.69) is 37.4 Å². The molecule has 0 fully saturated rings. The fraction of sp³-hybridized carbons (Fsp3) is 0. The van der Waals surface area contributed by atoms with Gasteiger partial charge in [-0.05, 0) is 0 Å². The molecule has 1 aromatic carbocycles. The van der Waals surface area contributed by atoms with Crippen LogP contribution in [0.4, 0.5) is 0 Å². The van der Waals surface area contributed by atoms with Crippen LogP contribution < -0.4 is 8.70 Å². The molecular formula is C6H8As2S2. The Labute approximate surface area is 89.0 Å². The fourth-order valence-corrected chi connectivity index (χ4v) is 2.65. The number of hydrogen-bond donors (Lipinski definition) is 2. The van der Waals surface area contributed by atoms with Gasteiger partial charge in [-0.2, -0.15) is 0 Å². The van der Waals surface area contributed by atoms with Crippen LogP contribution in [0.25, 0.3) is 0 Å². The monoisotopic (exact) mass is 294 g/mol. The molecule has 2 atom stereocenters. The fourth-order valence-electron chi connectivity index (χ4n) is 0.609. The molecule has 0 bridgehead atoms. The van der Waals surface area contributed by atoms with Gasteiger partial charge in [0.2, 0.25) is 0 Å². The Hall–Kier alpha value is 1.04. The van der Waals surface area contributed by atoms with E-state index in [1.54, 1.807) is 33.7 Å². The zero-order valence-corrected chi connectivity index (χ0v) is 11.8. The van der Waals surface area contributed by atoms with Crippen molar-refractivity contribution in [3.8, 4) is 0 Å². The van der Waals surface area contributed by atoms with Gasteiger partial charge in [-0.15, -0.1) is 0 Å². The van der Waals surface area contributed by atoms with E-state index in [1.807, 2.05) is 0 Å². The van der Waals surface area contributed by atoms with Crippen LogP contribution in [0.3, 0.4) is 0 Å². The van der Waals surface area contributed by atoms with Crippen molar-refractivity contribution in [3.05, 3.63) is 12.1 Å². The Balaban J connectivity index is 3.28. The van der Waals surface area contributed by atoms with Crippen molar-refractivity contribution in [2.45, 2.75) is 9.79 Å². The van der Waals surface area contributed by atoms with E-state index >= 15 is 0 Å². The quantitative estimate of drug-likeness (QED) is 0.435. The summed E-state index contributed by atoms with van der Waals surface area (Å²) in [5.74, 6) is 0. The third-order valence-corrected chi connectivity index (χ3v) is 4.97. The summed E-state index contributed by atoms with van der Waals surface area (Å²) in [6, 6.07) is 4.14. The first-order valence-corrected chi connectivity index (χ1v) is 6.00. The molecule has 1 aromatic rings. The van der Waals surface area contributed by atoms with E-state index in [4.69, 9.17) is 0 Å². The Morgan fingerprint density at radius 1 is 0.900 bits per heavy atom. The SMILES string of the molecule is Sc1cc([AsH2])c(S)cc1[AsH2]. The van der Waals surface area contributed by atoms with Crippen molar-refractivity contribution < 1.29 is 0 Å². The van der Waals surface area contributed by atoms with E-state index in [9.17, 15) is 0 Å². The summed E-state index contributed by atoms with van der Waals surface area (Å²) in [4.78, 5) is 2.16. The van der Waals surface area contributed by atoms with Crippen molar-refractivity contribution in [1.29, 1.82) is 0 Å². The molecular weight excluding hydrogens is 286 g/mol. The van der Waals surface area contributed by atoms with Gasteiger partial charge in [0.05, 0.1) is 0 Å². The van der Waals surface area contributed by atoms with E-state index in [1.165, 1.54) is 8.70 Å². The first-order chi connectivity index (χ1) is 4.61. The van der Waals surface area contributed by atoms with Crippen LogP contribution in [0.2, 0.25) is 0 Å². The van der Waals surface area contributed by atoms with Gasteiger partial charge < -0.3 is 0 Å². The van der Waals surface area contributed by atoms with Crippen LogP contribution in [0.5, 0.6) is 0 Å². The van der Waals surface area contributed by atoms with Crippen molar-refractivity contribution in [3.63, 3.8) is 0 Å². The topological polar surface area (TPSA) is 0 Å². The van der Waals surface area contributed by atoms with Gasteiger partial charge in [0.1, 0.15) is 0 Å². The van der Waals surface area contributed by atoms with Gasteiger partial charge in [-0.3, -0.25) is 0 Å². The Bertz CT molecular complexity index is 210. The zero-order chi connectivity index (χ0) is 7.72. The molecule has 0 aliphatic heterocycles. The molecule has 0 aliphatic carbocycles. The van der Waals surface area contributed by atoms with Crippen molar-refractivity contribution in [2.24, 2.45) is 0 Å². The van der Waals surface area contributed by atoms with Gasteiger partial charge in [0.25, 0.3) is 0 Å². The van der Waals surface area contributed by atoms with Crippen molar-refractivity contribution in [2.75, 3.05) is 0 Å². The summed E-state index contributed by atoms with van der Waals surface area (Å²) >= 11 is 11.8. The standard InChI is InChI=1S/C6H8As2S2/c7-3-1-5(9)4(8)2-6(3)10/h1-2,9-10H,7-8H2. The number of hydrogen-bond acceptors (Lipinski definition) is 2. The first kappa shape index (κ1) is 9.13. The normalized spacial score (nSPS) is 10.0. The summed E-state index contributed by atoms with van der Waals surface area (Å²) in [6.45, 7) is 0. The molecule has 0 nitrogen and oxygen atoms in total. The zero-order valence-electron chi connectivity index (χ0n) is 5.20. The third-order valence-electron chi connectivity index (χ3n) is 1.18. The molecule has 54 valence electrons. The van der Waals surface area contributed by atoms with Crippen LogP contribution in [-0.4, -0.2) is 33.7 Å². The molecule has 0 saturated carbocycles. The predicted octanol–water partition coefficient (Wildman–Crippen LogP) is -1.22. The summed E-state index contributed by atoms with van der Waals surface area (Å²) in [7, 11) is 0. The third kappa shape index (κ3) is 2.01. The van der Waals surface area contributed by atoms with E-state index < -0.39 is 0 Å². The van der Waals surface area contributed by atoms with Gasteiger partial charge in [0.15, 0.2) is 0 Å². The van der Waals surface area contributed by atoms with E-state index in [-0.39, 0.29) is 0 Å². The van der Waals surface area contributed by atoms with E-state index in [0.717, 1.165) is 9.79 Å². The molecule has 0 heterocycles. The van der Waals surface area contributed by atoms with Crippen LogP contribution >= 0.6 is 25.3 Å². The van der Waals surface area contributed by atoms with E-state index in [0.29, 0.717) is 0 Å². The molecule has 0 saturated heterocycles.